The van der Waals surface area contributed by atoms with Gasteiger partial charge in [0.1, 0.15) is 16.5 Å². The molecular weight excluding hydrogens is 370 g/mol. The van der Waals surface area contributed by atoms with Crippen LogP contribution in [0.25, 0.3) is 0 Å². The van der Waals surface area contributed by atoms with Gasteiger partial charge in [0.05, 0.1) is 5.92 Å². The summed E-state index contributed by atoms with van der Waals surface area (Å²) in [6, 6.07) is 11.2. The quantitative estimate of drug-likeness (QED) is 0.873. The average Bonchev–Trinajstić information content (AvgIpc) is 3.09. The molecule has 0 saturated carbocycles. The van der Waals surface area contributed by atoms with Gasteiger partial charge in [-0.25, -0.2) is 13.8 Å². The third-order valence-corrected chi connectivity index (χ3v) is 6.01. The summed E-state index contributed by atoms with van der Waals surface area (Å²) in [4.78, 5) is 20.0. The number of guanidine groups is 1. The van der Waals surface area contributed by atoms with E-state index in [1.165, 1.54) is 47.5 Å². The Morgan fingerprint density at radius 1 is 1.30 bits per heavy atom. The van der Waals surface area contributed by atoms with Gasteiger partial charge in [0.25, 0.3) is 5.92 Å². The predicted molar refractivity (Wildman–Crippen MR) is 99.5 cm³/mol. The van der Waals surface area contributed by atoms with Crippen molar-refractivity contribution in [1.82, 2.24) is 4.90 Å². The van der Waals surface area contributed by atoms with Gasteiger partial charge in [0, 0.05) is 24.4 Å². The highest BCUT2D eigenvalue weighted by molar-refractivity contribution is 7.12. The van der Waals surface area contributed by atoms with E-state index in [1.54, 1.807) is 19.1 Å². The number of nitriles is 1. The number of hydrogen-bond acceptors (Lipinski definition) is 5. The van der Waals surface area contributed by atoms with Crippen molar-refractivity contribution in [2.24, 2.45) is 10.7 Å². The van der Waals surface area contributed by atoms with Crippen molar-refractivity contribution in [1.29, 1.82) is 5.26 Å². The van der Waals surface area contributed by atoms with Crippen LogP contribution in [0.2, 0.25) is 0 Å². The highest BCUT2D eigenvalue weighted by Gasteiger charge is 2.48. The van der Waals surface area contributed by atoms with E-state index >= 15 is 0 Å². The van der Waals surface area contributed by atoms with Gasteiger partial charge < -0.3 is 5.73 Å². The maximum Gasteiger partial charge on any atom is 0.270 e. The molecule has 0 aliphatic carbocycles. The Balaban J connectivity index is 2.15. The van der Waals surface area contributed by atoms with Crippen molar-refractivity contribution in [3.8, 4) is 6.07 Å². The average molecular weight is 388 g/mol. The Labute approximate surface area is 159 Å². The second-order valence-corrected chi connectivity index (χ2v) is 7.82. The van der Waals surface area contributed by atoms with Crippen LogP contribution in [0.5, 0.6) is 0 Å². The number of alkyl halides is 2. The Morgan fingerprint density at radius 2 is 1.93 bits per heavy atom. The minimum Gasteiger partial charge on any atom is -0.369 e. The van der Waals surface area contributed by atoms with Crippen LogP contribution in [0, 0.1) is 11.3 Å². The van der Waals surface area contributed by atoms with E-state index in [0.717, 1.165) is 6.92 Å². The maximum atomic E-state index is 13.5. The number of amides is 1. The predicted octanol–water partition coefficient (Wildman–Crippen LogP) is 3.52. The first kappa shape index (κ1) is 19.0. The van der Waals surface area contributed by atoms with Crippen molar-refractivity contribution in [3.05, 3.63) is 57.3 Å². The van der Waals surface area contributed by atoms with Gasteiger partial charge in [-0.15, -0.1) is 11.3 Å². The third kappa shape index (κ3) is 3.19. The largest absolute Gasteiger partial charge is 0.369 e. The number of aliphatic imine (C=N–C) groups is 1. The van der Waals surface area contributed by atoms with Gasteiger partial charge in [0.15, 0.2) is 5.96 Å². The molecule has 3 rings (SSSR count). The summed E-state index contributed by atoms with van der Waals surface area (Å²) in [5.74, 6) is -3.93. The Kier molecular flexibility index (Phi) is 4.52. The van der Waals surface area contributed by atoms with Crippen LogP contribution in [0.1, 0.15) is 40.6 Å². The highest BCUT2D eigenvalue weighted by Crippen LogP contribution is 2.46. The molecule has 0 saturated heterocycles. The summed E-state index contributed by atoms with van der Waals surface area (Å²) < 4.78 is 27.1. The second-order valence-electron chi connectivity index (χ2n) is 6.73. The summed E-state index contributed by atoms with van der Waals surface area (Å²) in [6.45, 7) is 2.59. The molecule has 2 atom stereocenters. The Hall–Kier alpha value is -2.79. The summed E-state index contributed by atoms with van der Waals surface area (Å²) in [5.41, 5.74) is 5.33. The van der Waals surface area contributed by atoms with Crippen LogP contribution >= 0.6 is 11.3 Å². The molecule has 2 heterocycles. The Bertz CT molecular complexity index is 955. The summed E-state index contributed by atoms with van der Waals surface area (Å²) >= 11 is 1.23. The van der Waals surface area contributed by atoms with E-state index in [4.69, 9.17) is 11.0 Å². The lowest BCUT2D eigenvalue weighted by molar-refractivity contribution is -0.130. The van der Waals surface area contributed by atoms with Gasteiger partial charge in [0.2, 0.25) is 5.91 Å². The normalized spacial score (nSPS) is 23.1. The molecule has 8 heteroatoms. The molecule has 1 amide bonds. The first-order valence-corrected chi connectivity index (χ1v) is 9.01. The van der Waals surface area contributed by atoms with Crippen LogP contribution in [0.15, 0.2) is 41.4 Å². The van der Waals surface area contributed by atoms with Gasteiger partial charge in [-0.2, -0.15) is 5.26 Å². The maximum absolute atomic E-state index is 13.5. The fourth-order valence-electron chi connectivity index (χ4n) is 3.23. The van der Waals surface area contributed by atoms with E-state index in [0.29, 0.717) is 15.3 Å². The van der Waals surface area contributed by atoms with E-state index in [1.807, 2.05) is 0 Å². The number of rotatable bonds is 3. The third-order valence-electron chi connectivity index (χ3n) is 4.80. The van der Waals surface area contributed by atoms with E-state index in [2.05, 4.69) is 11.1 Å². The SMILES string of the molecule is CN1C(=O)[C@H](c2ccc(C(C)(F)F)cc2)[C@@](C)(c2ccc(C#N)s2)N=C1N. The first-order valence-electron chi connectivity index (χ1n) is 8.19. The molecule has 27 heavy (non-hydrogen) atoms. The monoisotopic (exact) mass is 388 g/mol. The second kappa shape index (κ2) is 6.43. The lowest BCUT2D eigenvalue weighted by Crippen LogP contribution is -2.52. The summed E-state index contributed by atoms with van der Waals surface area (Å²) in [7, 11) is 1.53. The van der Waals surface area contributed by atoms with Gasteiger partial charge >= 0.3 is 0 Å². The topological polar surface area (TPSA) is 82.5 Å². The van der Waals surface area contributed by atoms with Gasteiger partial charge in [-0.3, -0.25) is 9.69 Å². The molecule has 1 aromatic heterocycles. The number of halogens is 2. The molecular formula is C19H18F2N4OS. The standard InChI is InChI=1S/C19H18F2N4OS/c1-18(14-9-8-13(10-22)27-14)15(16(26)25(3)17(23)24-18)11-4-6-12(7-5-11)19(2,20)21/h4-9,15H,1-3H3,(H2,23,24)/t15-,18+/m0/s1. The van der Waals surface area contributed by atoms with Gasteiger partial charge in [-0.1, -0.05) is 24.3 Å². The smallest absolute Gasteiger partial charge is 0.270 e. The zero-order valence-corrected chi connectivity index (χ0v) is 15.8. The van der Waals surface area contributed by atoms with Crippen molar-refractivity contribution < 1.29 is 13.6 Å². The van der Waals surface area contributed by atoms with E-state index in [9.17, 15) is 13.6 Å². The van der Waals surface area contributed by atoms with Gasteiger partial charge in [-0.05, 0) is 24.6 Å². The lowest BCUT2D eigenvalue weighted by Gasteiger charge is -2.40. The summed E-state index contributed by atoms with van der Waals surface area (Å²) in [6.07, 6.45) is 0. The fourth-order valence-corrected chi connectivity index (χ4v) is 4.15. The molecule has 1 aliphatic rings. The number of thiophene rings is 1. The number of hydrogen-bond donors (Lipinski definition) is 1. The molecule has 1 aliphatic heterocycles. The van der Waals surface area contributed by atoms with Crippen LogP contribution in [0.4, 0.5) is 8.78 Å². The molecule has 0 unspecified atom stereocenters. The number of nitrogens with two attached hydrogens (primary N) is 1. The molecule has 2 N–H and O–H groups in total. The van der Waals surface area contributed by atoms with E-state index in [-0.39, 0.29) is 17.4 Å². The zero-order chi connectivity index (χ0) is 20.0. The molecule has 140 valence electrons. The van der Waals surface area contributed by atoms with Crippen LogP contribution < -0.4 is 5.73 Å². The summed E-state index contributed by atoms with van der Waals surface area (Å²) in [5, 5.41) is 9.12. The number of likely N-dealkylation sites (N-methyl/N-ethyl adjacent to an activating group) is 1. The first-order chi connectivity index (χ1) is 12.6. The van der Waals surface area contributed by atoms with Crippen LogP contribution in [0.3, 0.4) is 0 Å². The minimum atomic E-state index is -2.97. The number of carbonyl (C=O) groups is 1. The van der Waals surface area contributed by atoms with Crippen LogP contribution in [-0.4, -0.2) is 23.8 Å². The van der Waals surface area contributed by atoms with Crippen molar-refractivity contribution in [2.75, 3.05) is 7.05 Å². The zero-order valence-electron chi connectivity index (χ0n) is 15.0. The number of nitrogens with zero attached hydrogens (tertiary/aromatic N) is 3. The molecule has 0 radical (unpaired) electrons. The molecule has 0 spiro atoms. The molecule has 0 fully saturated rings. The van der Waals surface area contributed by atoms with E-state index < -0.39 is 17.4 Å². The van der Waals surface area contributed by atoms with Crippen molar-refractivity contribution in [2.45, 2.75) is 31.2 Å². The molecule has 0 bridgehead atoms. The fraction of sp³-hybridized carbons (Fsp3) is 0.316. The highest BCUT2D eigenvalue weighted by atomic mass is 32.1. The van der Waals surface area contributed by atoms with Crippen molar-refractivity contribution >= 4 is 23.2 Å². The molecule has 1 aromatic carbocycles. The number of carbonyl (C=O) groups excluding carboxylic acids is 1. The van der Waals surface area contributed by atoms with Crippen LogP contribution in [-0.2, 0) is 16.3 Å². The lowest BCUT2D eigenvalue weighted by atomic mass is 9.77. The minimum absolute atomic E-state index is 0.0716. The Morgan fingerprint density at radius 3 is 2.44 bits per heavy atom. The van der Waals surface area contributed by atoms with Crippen molar-refractivity contribution in [3.63, 3.8) is 0 Å². The molecule has 5 nitrogen and oxygen atoms in total. The molecule has 2 aromatic rings. The number of benzene rings is 1.